The SMILES string of the molecule is CC(C)CC(CNS(=O)(=O)c1ccc(I)cc1)C(=O)O. The summed E-state index contributed by atoms with van der Waals surface area (Å²) in [6.07, 6.45) is 0.435. The molecule has 112 valence electrons. The molecule has 1 rings (SSSR count). The average molecular weight is 411 g/mol. The molecular formula is C13H18INO4S. The molecule has 0 saturated carbocycles. The molecule has 0 bridgehead atoms. The number of hydrogen-bond acceptors (Lipinski definition) is 3. The lowest BCUT2D eigenvalue weighted by Gasteiger charge is -2.15. The molecule has 2 N–H and O–H groups in total. The van der Waals surface area contributed by atoms with Crippen molar-refractivity contribution in [3.8, 4) is 0 Å². The van der Waals surface area contributed by atoms with Gasteiger partial charge in [-0.1, -0.05) is 13.8 Å². The second-order valence-electron chi connectivity index (χ2n) is 4.97. The van der Waals surface area contributed by atoms with Crippen molar-refractivity contribution >= 4 is 38.6 Å². The Bertz CT molecular complexity index is 554. The van der Waals surface area contributed by atoms with Gasteiger partial charge in [-0.15, -0.1) is 0 Å². The van der Waals surface area contributed by atoms with Crippen LogP contribution in [0, 0.1) is 15.4 Å². The van der Waals surface area contributed by atoms with Gasteiger partial charge in [-0.25, -0.2) is 13.1 Å². The summed E-state index contributed by atoms with van der Waals surface area (Å²) in [4.78, 5) is 11.2. The van der Waals surface area contributed by atoms with Crippen LogP contribution in [0.5, 0.6) is 0 Å². The van der Waals surface area contributed by atoms with E-state index in [0.29, 0.717) is 6.42 Å². The summed E-state index contributed by atoms with van der Waals surface area (Å²) < 4.78 is 27.4. The van der Waals surface area contributed by atoms with Crippen molar-refractivity contribution in [2.75, 3.05) is 6.54 Å². The second kappa shape index (κ2) is 7.37. The van der Waals surface area contributed by atoms with Gasteiger partial charge >= 0.3 is 5.97 Å². The predicted octanol–water partition coefficient (Wildman–Crippen LogP) is 2.32. The summed E-state index contributed by atoms with van der Waals surface area (Å²) in [7, 11) is -3.66. The Balaban J connectivity index is 2.75. The number of sulfonamides is 1. The first-order chi connectivity index (χ1) is 9.22. The predicted molar refractivity (Wildman–Crippen MR) is 84.9 cm³/mol. The first kappa shape index (κ1) is 17.4. The molecule has 0 spiro atoms. The molecule has 0 aliphatic carbocycles. The van der Waals surface area contributed by atoms with E-state index in [1.807, 2.05) is 13.8 Å². The van der Waals surface area contributed by atoms with Gasteiger partial charge in [-0.05, 0) is 59.2 Å². The van der Waals surface area contributed by atoms with Crippen molar-refractivity contribution in [2.45, 2.75) is 25.2 Å². The molecule has 1 atom stereocenters. The van der Waals surface area contributed by atoms with Crippen LogP contribution < -0.4 is 4.72 Å². The quantitative estimate of drug-likeness (QED) is 0.675. The van der Waals surface area contributed by atoms with Gasteiger partial charge in [-0.3, -0.25) is 4.79 Å². The highest BCUT2D eigenvalue weighted by Crippen LogP contribution is 2.14. The van der Waals surface area contributed by atoms with Crippen LogP contribution in [0.4, 0.5) is 0 Å². The number of carbonyl (C=O) groups is 1. The highest BCUT2D eigenvalue weighted by molar-refractivity contribution is 14.1. The van der Waals surface area contributed by atoms with Gasteiger partial charge in [0.1, 0.15) is 0 Å². The standard InChI is InChI=1S/C13H18INO4S/c1-9(2)7-10(13(16)17)8-15-20(18,19)12-5-3-11(14)4-6-12/h3-6,9-10,15H,7-8H2,1-2H3,(H,16,17). The zero-order valence-electron chi connectivity index (χ0n) is 11.3. The van der Waals surface area contributed by atoms with E-state index in [2.05, 4.69) is 27.3 Å². The second-order valence-corrected chi connectivity index (χ2v) is 7.98. The smallest absolute Gasteiger partial charge is 0.307 e. The van der Waals surface area contributed by atoms with Crippen LogP contribution in [0.25, 0.3) is 0 Å². The van der Waals surface area contributed by atoms with E-state index in [1.165, 1.54) is 12.1 Å². The van der Waals surface area contributed by atoms with Crippen molar-refractivity contribution < 1.29 is 18.3 Å². The summed E-state index contributed by atoms with van der Waals surface area (Å²) in [6, 6.07) is 6.39. The monoisotopic (exact) mass is 411 g/mol. The number of aliphatic carboxylic acids is 1. The van der Waals surface area contributed by atoms with Crippen molar-refractivity contribution in [1.29, 1.82) is 0 Å². The van der Waals surface area contributed by atoms with Crippen molar-refractivity contribution in [3.05, 3.63) is 27.8 Å². The zero-order valence-corrected chi connectivity index (χ0v) is 14.3. The van der Waals surface area contributed by atoms with Gasteiger partial charge in [-0.2, -0.15) is 0 Å². The van der Waals surface area contributed by atoms with Crippen molar-refractivity contribution in [1.82, 2.24) is 4.72 Å². The van der Waals surface area contributed by atoms with Gasteiger partial charge in [0.2, 0.25) is 10.0 Å². The summed E-state index contributed by atoms with van der Waals surface area (Å²) in [5.74, 6) is -1.50. The number of rotatable bonds is 7. The van der Waals surface area contributed by atoms with Crippen molar-refractivity contribution in [3.63, 3.8) is 0 Å². The number of carboxylic acid groups (broad SMARTS) is 1. The molecule has 0 saturated heterocycles. The third-order valence-electron chi connectivity index (χ3n) is 2.75. The van der Waals surface area contributed by atoms with Gasteiger partial charge in [0.05, 0.1) is 10.8 Å². The molecule has 7 heteroatoms. The molecule has 0 fully saturated rings. The Labute approximate surface area is 133 Å². The summed E-state index contributed by atoms with van der Waals surface area (Å²) >= 11 is 2.09. The van der Waals surface area contributed by atoms with Gasteiger partial charge in [0.25, 0.3) is 0 Å². The van der Waals surface area contributed by atoms with E-state index < -0.39 is 21.9 Å². The molecule has 0 aromatic heterocycles. The molecule has 5 nitrogen and oxygen atoms in total. The number of hydrogen-bond donors (Lipinski definition) is 2. The molecule has 0 radical (unpaired) electrons. The van der Waals surface area contributed by atoms with E-state index in [9.17, 15) is 13.2 Å². The minimum atomic E-state index is -3.66. The number of carboxylic acids is 1. The fourth-order valence-electron chi connectivity index (χ4n) is 1.75. The molecule has 1 aromatic rings. The van der Waals surface area contributed by atoms with E-state index in [-0.39, 0.29) is 17.4 Å². The van der Waals surface area contributed by atoms with Crippen LogP contribution in [-0.4, -0.2) is 26.0 Å². The topological polar surface area (TPSA) is 83.5 Å². The largest absolute Gasteiger partial charge is 0.481 e. The highest BCUT2D eigenvalue weighted by Gasteiger charge is 2.22. The minimum Gasteiger partial charge on any atom is -0.481 e. The van der Waals surface area contributed by atoms with Crippen LogP contribution >= 0.6 is 22.6 Å². The van der Waals surface area contributed by atoms with Crippen LogP contribution in [0.3, 0.4) is 0 Å². The fourth-order valence-corrected chi connectivity index (χ4v) is 3.19. The summed E-state index contributed by atoms with van der Waals surface area (Å²) in [6.45, 7) is 3.72. The maximum absolute atomic E-state index is 12.0. The molecule has 20 heavy (non-hydrogen) atoms. The van der Waals surface area contributed by atoms with Crippen LogP contribution in [0.2, 0.25) is 0 Å². The molecular weight excluding hydrogens is 393 g/mol. The third kappa shape index (κ3) is 5.37. The first-order valence-electron chi connectivity index (χ1n) is 6.20. The maximum atomic E-state index is 12.0. The Kier molecular flexibility index (Phi) is 6.41. The van der Waals surface area contributed by atoms with Crippen LogP contribution in [-0.2, 0) is 14.8 Å². The minimum absolute atomic E-state index is 0.0954. The van der Waals surface area contributed by atoms with E-state index >= 15 is 0 Å². The maximum Gasteiger partial charge on any atom is 0.307 e. The fraction of sp³-hybridized carbons (Fsp3) is 0.462. The number of halogens is 1. The molecule has 1 aromatic carbocycles. The molecule has 0 amide bonds. The Morgan fingerprint density at radius 1 is 1.30 bits per heavy atom. The third-order valence-corrected chi connectivity index (χ3v) is 4.91. The molecule has 0 aliphatic rings. The lowest BCUT2D eigenvalue weighted by molar-refractivity contribution is -0.142. The van der Waals surface area contributed by atoms with E-state index in [0.717, 1.165) is 3.57 Å². The highest BCUT2D eigenvalue weighted by atomic mass is 127. The zero-order chi connectivity index (χ0) is 15.3. The van der Waals surface area contributed by atoms with Crippen molar-refractivity contribution in [2.24, 2.45) is 11.8 Å². The number of nitrogens with one attached hydrogen (secondary N) is 1. The van der Waals surface area contributed by atoms with Crippen LogP contribution in [0.1, 0.15) is 20.3 Å². The van der Waals surface area contributed by atoms with E-state index in [1.54, 1.807) is 12.1 Å². The Morgan fingerprint density at radius 2 is 1.85 bits per heavy atom. The molecule has 1 unspecified atom stereocenters. The van der Waals surface area contributed by atoms with E-state index in [4.69, 9.17) is 5.11 Å². The Morgan fingerprint density at radius 3 is 2.30 bits per heavy atom. The summed E-state index contributed by atoms with van der Waals surface area (Å²) in [5.41, 5.74) is 0. The molecule has 0 aliphatic heterocycles. The lowest BCUT2D eigenvalue weighted by Crippen LogP contribution is -2.33. The van der Waals surface area contributed by atoms with Gasteiger partial charge in [0.15, 0.2) is 0 Å². The lowest BCUT2D eigenvalue weighted by atomic mass is 9.98. The van der Waals surface area contributed by atoms with Crippen LogP contribution in [0.15, 0.2) is 29.2 Å². The van der Waals surface area contributed by atoms with Gasteiger partial charge in [0, 0.05) is 10.1 Å². The Hall–Kier alpha value is -0.670. The first-order valence-corrected chi connectivity index (χ1v) is 8.76. The van der Waals surface area contributed by atoms with Gasteiger partial charge < -0.3 is 5.11 Å². The number of benzene rings is 1. The summed E-state index contributed by atoms with van der Waals surface area (Å²) in [5, 5.41) is 9.09. The normalized spacial score (nSPS) is 13.4. The molecule has 0 heterocycles. The average Bonchev–Trinajstić information content (AvgIpc) is 2.34.